The first kappa shape index (κ1) is 23.0. The number of aryl methyl sites for hydroxylation is 2. The number of ether oxygens (including phenoxy) is 1. The molecule has 1 fully saturated rings. The molecule has 172 valence electrons. The molecule has 1 aromatic heterocycles. The Bertz CT molecular complexity index is 1320. The summed E-state index contributed by atoms with van der Waals surface area (Å²) in [6.07, 6.45) is 6.08. The van der Waals surface area contributed by atoms with Gasteiger partial charge in [0, 0.05) is 43.7 Å². The van der Waals surface area contributed by atoms with Crippen LogP contribution in [0.2, 0.25) is 0 Å². The molecule has 1 aliphatic rings. The highest BCUT2D eigenvalue weighted by Gasteiger charge is 2.27. The Morgan fingerprint density at radius 3 is 2.73 bits per heavy atom. The van der Waals surface area contributed by atoms with E-state index in [2.05, 4.69) is 16.2 Å². The smallest absolute Gasteiger partial charge is 0.243 e. The maximum absolute atomic E-state index is 13.0. The van der Waals surface area contributed by atoms with Crippen molar-refractivity contribution in [3.05, 3.63) is 53.9 Å². The quantitative estimate of drug-likeness (QED) is 0.541. The summed E-state index contributed by atoms with van der Waals surface area (Å²) in [7, 11) is -3.60. The van der Waals surface area contributed by atoms with Crippen molar-refractivity contribution in [3.8, 4) is 12.3 Å². The monoisotopic (exact) mass is 466 g/mol. The number of hydrogen-bond acceptors (Lipinski definition) is 5. The number of amides is 1. The first-order valence-electron chi connectivity index (χ1n) is 10.9. The molecule has 0 saturated carbocycles. The Kier molecular flexibility index (Phi) is 6.79. The molecular formula is C24H26N4O4S. The highest BCUT2D eigenvalue weighted by molar-refractivity contribution is 7.89. The van der Waals surface area contributed by atoms with Crippen LogP contribution in [-0.2, 0) is 32.5 Å². The SMILES string of the molecule is C#Cc1cccc(NC(=O)CCc2nc3cc(S(=O)(=O)N4CCOCC4)ccc3n2CC)c1. The van der Waals surface area contributed by atoms with Gasteiger partial charge >= 0.3 is 0 Å². The van der Waals surface area contributed by atoms with Crippen LogP contribution in [-0.4, -0.2) is 54.5 Å². The average molecular weight is 467 g/mol. The zero-order chi connectivity index (χ0) is 23.4. The number of benzene rings is 2. The van der Waals surface area contributed by atoms with E-state index in [9.17, 15) is 13.2 Å². The number of sulfonamides is 1. The fraction of sp³-hybridized carbons (Fsp3) is 0.333. The summed E-state index contributed by atoms with van der Waals surface area (Å²) in [6.45, 7) is 4.13. The van der Waals surface area contributed by atoms with Crippen molar-refractivity contribution in [2.75, 3.05) is 31.6 Å². The number of imidazole rings is 1. The van der Waals surface area contributed by atoms with Crippen molar-refractivity contribution in [1.29, 1.82) is 0 Å². The van der Waals surface area contributed by atoms with Crippen LogP contribution in [0.25, 0.3) is 11.0 Å². The summed E-state index contributed by atoms with van der Waals surface area (Å²) >= 11 is 0. The Morgan fingerprint density at radius 2 is 2.00 bits per heavy atom. The van der Waals surface area contributed by atoms with E-state index in [4.69, 9.17) is 11.2 Å². The Hall–Kier alpha value is -3.19. The maximum atomic E-state index is 13.0. The lowest BCUT2D eigenvalue weighted by Gasteiger charge is -2.26. The fourth-order valence-corrected chi connectivity index (χ4v) is 5.36. The first-order chi connectivity index (χ1) is 15.9. The minimum atomic E-state index is -3.60. The van der Waals surface area contributed by atoms with Crippen molar-refractivity contribution in [2.45, 2.75) is 31.2 Å². The number of carbonyl (C=O) groups excluding carboxylic acids is 1. The van der Waals surface area contributed by atoms with Gasteiger partial charge in [-0.15, -0.1) is 6.42 Å². The van der Waals surface area contributed by atoms with E-state index >= 15 is 0 Å². The highest BCUT2D eigenvalue weighted by Crippen LogP contribution is 2.24. The number of hydrogen-bond donors (Lipinski definition) is 1. The summed E-state index contributed by atoms with van der Waals surface area (Å²) in [5.41, 5.74) is 2.79. The van der Waals surface area contributed by atoms with Gasteiger partial charge in [-0.3, -0.25) is 4.79 Å². The van der Waals surface area contributed by atoms with Gasteiger partial charge in [-0.25, -0.2) is 13.4 Å². The number of carbonyl (C=O) groups is 1. The Morgan fingerprint density at radius 1 is 1.21 bits per heavy atom. The van der Waals surface area contributed by atoms with Crippen LogP contribution in [0.3, 0.4) is 0 Å². The van der Waals surface area contributed by atoms with Gasteiger partial charge in [0.2, 0.25) is 15.9 Å². The number of terminal acetylenes is 1. The van der Waals surface area contributed by atoms with Gasteiger partial charge in [-0.2, -0.15) is 4.31 Å². The normalized spacial score (nSPS) is 14.8. The molecule has 1 N–H and O–H groups in total. The lowest BCUT2D eigenvalue weighted by atomic mass is 10.2. The zero-order valence-corrected chi connectivity index (χ0v) is 19.3. The van der Waals surface area contributed by atoms with Crippen LogP contribution in [0, 0.1) is 12.3 Å². The third-order valence-corrected chi connectivity index (χ3v) is 7.51. The summed E-state index contributed by atoms with van der Waals surface area (Å²) in [4.78, 5) is 17.3. The molecule has 2 aromatic carbocycles. The summed E-state index contributed by atoms with van der Waals surface area (Å²) in [5, 5.41) is 2.86. The Balaban J connectivity index is 1.52. The van der Waals surface area contributed by atoms with E-state index in [-0.39, 0.29) is 17.2 Å². The van der Waals surface area contributed by atoms with E-state index in [1.54, 1.807) is 42.5 Å². The third kappa shape index (κ3) is 4.93. The molecule has 4 rings (SSSR count). The number of anilines is 1. The maximum Gasteiger partial charge on any atom is 0.243 e. The molecule has 1 amide bonds. The molecule has 0 unspecified atom stereocenters. The van der Waals surface area contributed by atoms with Crippen LogP contribution in [0.4, 0.5) is 5.69 Å². The predicted octanol–water partition coefficient (Wildman–Crippen LogP) is 2.63. The number of aromatic nitrogens is 2. The molecular weight excluding hydrogens is 440 g/mol. The van der Waals surface area contributed by atoms with Gasteiger partial charge in [0.05, 0.1) is 29.1 Å². The second-order valence-electron chi connectivity index (χ2n) is 7.71. The second-order valence-corrected chi connectivity index (χ2v) is 9.65. The molecule has 0 atom stereocenters. The molecule has 9 heteroatoms. The minimum absolute atomic E-state index is 0.144. The van der Waals surface area contributed by atoms with Crippen molar-refractivity contribution >= 4 is 32.7 Å². The molecule has 1 aliphatic heterocycles. The molecule has 0 aliphatic carbocycles. The van der Waals surface area contributed by atoms with Crippen molar-refractivity contribution in [3.63, 3.8) is 0 Å². The fourth-order valence-electron chi connectivity index (χ4n) is 3.94. The lowest BCUT2D eigenvalue weighted by molar-refractivity contribution is -0.116. The highest BCUT2D eigenvalue weighted by atomic mass is 32.2. The van der Waals surface area contributed by atoms with Crippen LogP contribution in [0.15, 0.2) is 47.4 Å². The van der Waals surface area contributed by atoms with Crippen LogP contribution in [0.1, 0.15) is 24.7 Å². The van der Waals surface area contributed by atoms with Crippen molar-refractivity contribution in [1.82, 2.24) is 13.9 Å². The molecule has 2 heterocycles. The second kappa shape index (κ2) is 9.75. The Labute approximate surface area is 193 Å². The predicted molar refractivity (Wildman–Crippen MR) is 126 cm³/mol. The zero-order valence-electron chi connectivity index (χ0n) is 18.5. The van der Waals surface area contributed by atoms with E-state index in [1.165, 1.54) is 4.31 Å². The molecule has 8 nitrogen and oxygen atoms in total. The average Bonchev–Trinajstić information content (AvgIpc) is 3.20. The van der Waals surface area contributed by atoms with Crippen LogP contribution in [0.5, 0.6) is 0 Å². The van der Waals surface area contributed by atoms with Gasteiger partial charge in [-0.1, -0.05) is 12.0 Å². The number of morpholine rings is 1. The van der Waals surface area contributed by atoms with Gasteiger partial charge in [0.25, 0.3) is 0 Å². The van der Waals surface area contributed by atoms with Gasteiger partial charge in [-0.05, 0) is 43.3 Å². The van der Waals surface area contributed by atoms with Gasteiger partial charge in [0.15, 0.2) is 0 Å². The number of nitrogens with one attached hydrogen (secondary N) is 1. The van der Waals surface area contributed by atoms with E-state index in [1.807, 2.05) is 11.5 Å². The number of nitrogens with zero attached hydrogens (tertiary/aromatic N) is 3. The topological polar surface area (TPSA) is 93.5 Å². The van der Waals surface area contributed by atoms with E-state index in [0.29, 0.717) is 56.0 Å². The molecule has 1 saturated heterocycles. The summed E-state index contributed by atoms with van der Waals surface area (Å²) in [6, 6.07) is 12.1. The molecule has 3 aromatic rings. The van der Waals surface area contributed by atoms with Gasteiger partial charge in [0.1, 0.15) is 5.82 Å². The lowest BCUT2D eigenvalue weighted by Crippen LogP contribution is -2.40. The molecule has 0 bridgehead atoms. The third-order valence-electron chi connectivity index (χ3n) is 5.61. The molecule has 0 spiro atoms. The first-order valence-corrected chi connectivity index (χ1v) is 12.3. The molecule has 0 radical (unpaired) electrons. The molecule has 33 heavy (non-hydrogen) atoms. The van der Waals surface area contributed by atoms with Crippen molar-refractivity contribution < 1.29 is 17.9 Å². The van der Waals surface area contributed by atoms with Crippen LogP contribution >= 0.6 is 0 Å². The number of rotatable bonds is 7. The van der Waals surface area contributed by atoms with Crippen molar-refractivity contribution in [2.24, 2.45) is 0 Å². The summed E-state index contributed by atoms with van der Waals surface area (Å²) in [5.74, 6) is 3.14. The van der Waals surface area contributed by atoms with E-state index in [0.717, 1.165) is 11.3 Å². The summed E-state index contributed by atoms with van der Waals surface area (Å²) < 4.78 is 34.7. The standard InChI is InChI=1S/C24H26N4O4S/c1-3-18-6-5-7-19(16-18)25-24(29)11-10-23-26-21-17-20(8-9-22(21)28(23)4-2)33(30,31)27-12-14-32-15-13-27/h1,5-9,16-17H,4,10-15H2,2H3,(H,25,29). The van der Waals surface area contributed by atoms with Gasteiger partial charge < -0.3 is 14.6 Å². The van der Waals surface area contributed by atoms with Crippen LogP contribution < -0.4 is 5.32 Å². The largest absolute Gasteiger partial charge is 0.379 e. The number of fused-ring (bicyclic) bond motifs is 1. The van der Waals surface area contributed by atoms with E-state index < -0.39 is 10.0 Å². The minimum Gasteiger partial charge on any atom is -0.379 e.